The Balaban J connectivity index is -0.000000492. The van der Waals surface area contributed by atoms with Crippen molar-refractivity contribution in [3.8, 4) is 0 Å². The molecule has 0 aromatic heterocycles. The second-order valence-electron chi connectivity index (χ2n) is 6.24. The van der Waals surface area contributed by atoms with Crippen LogP contribution < -0.4 is 0 Å². The van der Waals surface area contributed by atoms with Crippen molar-refractivity contribution < 1.29 is 44.0 Å². The van der Waals surface area contributed by atoms with E-state index in [4.69, 9.17) is 24.8 Å². The molecule has 0 unspecified atom stereocenters. The van der Waals surface area contributed by atoms with Gasteiger partial charge in [0.25, 0.3) is 0 Å². The SMILES string of the molecule is C=CCCCO.C=CCCCOC(=O)CCC(=O)OCCCC=C.O=C(O)CCC(=O)O. The second-order valence-corrected chi connectivity index (χ2v) is 6.24. The van der Waals surface area contributed by atoms with Crippen LogP contribution in [0.5, 0.6) is 0 Å². The van der Waals surface area contributed by atoms with Crippen LogP contribution in [0.1, 0.15) is 64.2 Å². The topological polar surface area (TPSA) is 147 Å². The van der Waals surface area contributed by atoms with Gasteiger partial charge >= 0.3 is 23.9 Å². The van der Waals surface area contributed by atoms with Gasteiger partial charge in [0, 0.05) is 6.61 Å². The van der Waals surface area contributed by atoms with E-state index in [0.717, 1.165) is 38.5 Å². The molecule has 9 heteroatoms. The summed E-state index contributed by atoms with van der Waals surface area (Å²) in [6, 6.07) is 0. The molecule has 0 radical (unpaired) electrons. The Hall–Kier alpha value is -2.94. The highest BCUT2D eigenvalue weighted by molar-refractivity contribution is 5.77. The Bertz CT molecular complexity index is 500. The van der Waals surface area contributed by atoms with E-state index in [1.807, 2.05) is 0 Å². The Labute approximate surface area is 190 Å². The molecule has 0 spiro atoms. The number of carboxylic acids is 2. The molecule has 0 aromatic carbocycles. The fourth-order valence-corrected chi connectivity index (χ4v) is 1.63. The zero-order chi connectivity index (χ0) is 25.0. The average molecular weight is 459 g/mol. The molecule has 3 N–H and O–H groups in total. The number of rotatable bonds is 17. The van der Waals surface area contributed by atoms with Crippen molar-refractivity contribution in [2.75, 3.05) is 19.8 Å². The van der Waals surface area contributed by atoms with Gasteiger partial charge in [-0.3, -0.25) is 19.2 Å². The number of hydrogen-bond acceptors (Lipinski definition) is 7. The Kier molecular flexibility index (Phi) is 29.5. The van der Waals surface area contributed by atoms with E-state index >= 15 is 0 Å². The van der Waals surface area contributed by atoms with Gasteiger partial charge in [0.1, 0.15) is 0 Å². The molecule has 32 heavy (non-hydrogen) atoms. The van der Waals surface area contributed by atoms with Gasteiger partial charge in [0.15, 0.2) is 0 Å². The van der Waals surface area contributed by atoms with Crippen molar-refractivity contribution in [1.82, 2.24) is 0 Å². The third kappa shape index (κ3) is 37.8. The van der Waals surface area contributed by atoms with Crippen LogP contribution in [0.3, 0.4) is 0 Å². The zero-order valence-electron chi connectivity index (χ0n) is 18.8. The quantitative estimate of drug-likeness (QED) is 0.169. The largest absolute Gasteiger partial charge is 0.481 e. The summed E-state index contributed by atoms with van der Waals surface area (Å²) in [6.07, 6.45) is 9.85. The van der Waals surface area contributed by atoms with E-state index in [1.54, 1.807) is 18.2 Å². The van der Waals surface area contributed by atoms with Crippen molar-refractivity contribution in [1.29, 1.82) is 0 Å². The highest BCUT2D eigenvalue weighted by Crippen LogP contribution is 1.99. The maximum absolute atomic E-state index is 11.2. The van der Waals surface area contributed by atoms with Crippen molar-refractivity contribution in [3.63, 3.8) is 0 Å². The average Bonchev–Trinajstić information content (AvgIpc) is 2.76. The van der Waals surface area contributed by atoms with Crippen LogP contribution in [0.25, 0.3) is 0 Å². The van der Waals surface area contributed by atoms with Gasteiger partial charge in [0.2, 0.25) is 0 Å². The van der Waals surface area contributed by atoms with Crippen LogP contribution in [0.4, 0.5) is 0 Å². The van der Waals surface area contributed by atoms with Crippen molar-refractivity contribution in [2.45, 2.75) is 64.2 Å². The molecule has 0 saturated carbocycles. The summed E-state index contributed by atoms with van der Waals surface area (Å²) in [7, 11) is 0. The minimum absolute atomic E-state index is 0.0778. The number of aliphatic hydroxyl groups excluding tert-OH is 1. The van der Waals surface area contributed by atoms with Crippen LogP contribution in [0.15, 0.2) is 38.0 Å². The number of ether oxygens (including phenoxy) is 2. The molecule has 0 heterocycles. The van der Waals surface area contributed by atoms with Gasteiger partial charge in [-0.1, -0.05) is 18.2 Å². The second kappa shape index (κ2) is 28.1. The predicted molar refractivity (Wildman–Crippen MR) is 121 cm³/mol. The lowest BCUT2D eigenvalue weighted by atomic mass is 10.3. The molecule has 0 rings (SSSR count). The summed E-state index contributed by atoms with van der Waals surface area (Å²) in [5.41, 5.74) is 0. The molecule has 0 amide bonds. The van der Waals surface area contributed by atoms with Crippen molar-refractivity contribution >= 4 is 23.9 Å². The number of allylic oxidation sites excluding steroid dienone is 3. The predicted octanol–water partition coefficient (Wildman–Crippen LogP) is 3.67. The molecule has 9 nitrogen and oxygen atoms in total. The first kappa shape index (κ1) is 33.7. The number of aliphatic carboxylic acids is 2. The van der Waals surface area contributed by atoms with Crippen molar-refractivity contribution in [2.24, 2.45) is 0 Å². The van der Waals surface area contributed by atoms with Crippen LogP contribution in [0, 0.1) is 0 Å². The molecule has 0 bridgehead atoms. The molecular formula is C23H38O9. The molecule has 0 aliphatic carbocycles. The van der Waals surface area contributed by atoms with Gasteiger partial charge in [-0.2, -0.15) is 0 Å². The maximum atomic E-state index is 11.2. The fourth-order valence-electron chi connectivity index (χ4n) is 1.63. The molecule has 184 valence electrons. The summed E-state index contributed by atoms with van der Waals surface area (Å²) >= 11 is 0. The number of unbranched alkanes of at least 4 members (excludes halogenated alkanes) is 3. The lowest BCUT2D eigenvalue weighted by molar-refractivity contribution is -0.150. The van der Waals surface area contributed by atoms with E-state index < -0.39 is 11.9 Å². The van der Waals surface area contributed by atoms with E-state index in [2.05, 4.69) is 19.7 Å². The first-order valence-corrected chi connectivity index (χ1v) is 10.4. The number of carbonyl (C=O) groups excluding carboxylic acids is 2. The van der Waals surface area contributed by atoms with Crippen LogP contribution in [-0.4, -0.2) is 59.0 Å². The minimum Gasteiger partial charge on any atom is -0.481 e. The molecule has 0 aliphatic rings. The zero-order valence-corrected chi connectivity index (χ0v) is 18.8. The van der Waals surface area contributed by atoms with E-state index in [9.17, 15) is 19.2 Å². The summed E-state index contributed by atoms with van der Waals surface area (Å²) in [6.45, 7) is 11.7. The van der Waals surface area contributed by atoms with Crippen LogP contribution >= 0.6 is 0 Å². The highest BCUT2D eigenvalue weighted by Gasteiger charge is 2.08. The van der Waals surface area contributed by atoms with Gasteiger partial charge in [-0.15, -0.1) is 19.7 Å². The standard InChI is InChI=1S/C14H22O4.C5H10O.C4H6O4/c1-3-5-7-11-17-13(15)9-10-14(16)18-12-8-6-4-2;1-2-3-4-5-6;5-3(6)1-2-4(7)8/h3-4H,1-2,5-12H2;2,6H,1,3-5H2;1-2H2,(H,5,6)(H,7,8). The highest BCUT2D eigenvalue weighted by atomic mass is 16.5. The Morgan fingerprint density at radius 3 is 1.22 bits per heavy atom. The fraction of sp³-hybridized carbons (Fsp3) is 0.565. The number of carbonyl (C=O) groups is 4. The minimum atomic E-state index is -1.08. The third-order valence-electron chi connectivity index (χ3n) is 3.28. The normalized spacial score (nSPS) is 9.03. The Morgan fingerprint density at radius 1 is 0.625 bits per heavy atom. The van der Waals surface area contributed by atoms with Gasteiger partial charge < -0.3 is 24.8 Å². The van der Waals surface area contributed by atoms with Gasteiger partial charge in [-0.05, 0) is 38.5 Å². The smallest absolute Gasteiger partial charge is 0.306 e. The molecule has 0 atom stereocenters. The third-order valence-corrected chi connectivity index (χ3v) is 3.28. The number of esters is 2. The summed E-state index contributed by atoms with van der Waals surface area (Å²) in [5, 5.41) is 23.9. The van der Waals surface area contributed by atoms with Crippen LogP contribution in [0.2, 0.25) is 0 Å². The van der Waals surface area contributed by atoms with E-state index in [-0.39, 0.29) is 44.2 Å². The summed E-state index contributed by atoms with van der Waals surface area (Å²) < 4.78 is 9.86. The maximum Gasteiger partial charge on any atom is 0.306 e. The number of carboxylic acid groups (broad SMARTS) is 2. The van der Waals surface area contributed by atoms with Crippen molar-refractivity contribution in [3.05, 3.63) is 38.0 Å². The molecule has 0 aliphatic heterocycles. The Morgan fingerprint density at radius 2 is 0.969 bits per heavy atom. The molecule has 0 aromatic rings. The monoisotopic (exact) mass is 458 g/mol. The van der Waals surface area contributed by atoms with Crippen LogP contribution in [-0.2, 0) is 28.7 Å². The number of aliphatic hydroxyl groups is 1. The molecular weight excluding hydrogens is 420 g/mol. The summed E-state index contributed by atoms with van der Waals surface area (Å²) in [5.74, 6) is -2.87. The molecule has 0 fully saturated rings. The van der Waals surface area contributed by atoms with Gasteiger partial charge in [0.05, 0.1) is 38.9 Å². The van der Waals surface area contributed by atoms with E-state index in [0.29, 0.717) is 13.2 Å². The van der Waals surface area contributed by atoms with Gasteiger partial charge in [-0.25, -0.2) is 0 Å². The first-order chi connectivity index (χ1) is 15.2. The lowest BCUT2D eigenvalue weighted by Crippen LogP contribution is -2.11. The lowest BCUT2D eigenvalue weighted by Gasteiger charge is -2.04. The first-order valence-electron chi connectivity index (χ1n) is 10.4. The number of hydrogen-bond donors (Lipinski definition) is 3. The summed E-state index contributed by atoms with van der Waals surface area (Å²) in [4.78, 5) is 41.7. The molecule has 0 saturated heterocycles. The van der Waals surface area contributed by atoms with E-state index in [1.165, 1.54) is 0 Å².